The van der Waals surface area contributed by atoms with Crippen LogP contribution in [0.3, 0.4) is 0 Å². The Bertz CT molecular complexity index is 572. The summed E-state index contributed by atoms with van der Waals surface area (Å²) in [4.78, 5) is 0. The van der Waals surface area contributed by atoms with E-state index in [1.165, 1.54) is 30.5 Å². The van der Waals surface area contributed by atoms with Gasteiger partial charge in [-0.3, -0.25) is 4.68 Å². The first-order valence-corrected chi connectivity index (χ1v) is 5.92. The molecule has 0 saturated heterocycles. The minimum atomic E-state index is -4.48. The molecule has 108 valence electrons. The molecule has 0 atom stereocenters. The molecule has 1 N–H and O–H groups in total. The summed E-state index contributed by atoms with van der Waals surface area (Å²) in [6.07, 6.45) is -3.29. The lowest BCUT2D eigenvalue weighted by molar-refractivity contribution is -0.144. The zero-order chi connectivity index (χ0) is 14.8. The van der Waals surface area contributed by atoms with E-state index in [0.29, 0.717) is 5.56 Å². The van der Waals surface area contributed by atoms with Crippen molar-refractivity contribution >= 4 is 0 Å². The monoisotopic (exact) mass is 287 g/mol. The Morgan fingerprint density at radius 2 is 1.85 bits per heavy atom. The first-order chi connectivity index (χ1) is 9.41. The predicted molar refractivity (Wildman–Crippen MR) is 65.5 cm³/mol. The normalized spacial score (nSPS) is 11.8. The van der Waals surface area contributed by atoms with Crippen LogP contribution in [0.2, 0.25) is 0 Å². The molecule has 0 aliphatic carbocycles. The summed E-state index contributed by atoms with van der Waals surface area (Å²) in [5, 5.41) is 6.46. The van der Waals surface area contributed by atoms with Gasteiger partial charge in [-0.05, 0) is 24.7 Å². The van der Waals surface area contributed by atoms with Crippen LogP contribution in [-0.4, -0.2) is 16.8 Å². The van der Waals surface area contributed by atoms with Gasteiger partial charge in [-0.25, -0.2) is 4.39 Å². The Hall–Kier alpha value is -1.89. The molecule has 0 spiro atoms. The standard InChI is InChI=1S/C13H13F4N3/c1-18-6-10-7-19-20(12(10)13(15,16)17)8-9-2-4-11(14)5-3-9/h2-5,7,18H,6,8H2,1H3. The Balaban J connectivity index is 2.34. The molecule has 0 bridgehead atoms. The number of hydrogen-bond acceptors (Lipinski definition) is 2. The summed E-state index contributed by atoms with van der Waals surface area (Å²) in [5.74, 6) is -0.430. The quantitative estimate of drug-likeness (QED) is 0.876. The third kappa shape index (κ3) is 3.16. The van der Waals surface area contributed by atoms with Gasteiger partial charge in [0, 0.05) is 12.1 Å². The highest BCUT2D eigenvalue weighted by Gasteiger charge is 2.37. The van der Waals surface area contributed by atoms with E-state index in [2.05, 4.69) is 10.4 Å². The highest BCUT2D eigenvalue weighted by Crippen LogP contribution is 2.32. The summed E-state index contributed by atoms with van der Waals surface area (Å²) in [5.41, 5.74) is -0.144. The maximum absolute atomic E-state index is 13.1. The zero-order valence-corrected chi connectivity index (χ0v) is 10.7. The van der Waals surface area contributed by atoms with Crippen LogP contribution in [0.4, 0.5) is 17.6 Å². The number of alkyl halides is 3. The maximum atomic E-state index is 13.1. The smallest absolute Gasteiger partial charge is 0.316 e. The number of aromatic nitrogens is 2. The van der Waals surface area contributed by atoms with Crippen LogP contribution >= 0.6 is 0 Å². The van der Waals surface area contributed by atoms with Gasteiger partial charge in [-0.15, -0.1) is 0 Å². The van der Waals surface area contributed by atoms with E-state index in [4.69, 9.17) is 0 Å². The SMILES string of the molecule is CNCc1cnn(Cc2ccc(F)cc2)c1C(F)(F)F. The molecule has 0 saturated carbocycles. The van der Waals surface area contributed by atoms with E-state index in [1.807, 2.05) is 0 Å². The molecule has 1 aromatic heterocycles. The van der Waals surface area contributed by atoms with E-state index in [1.54, 1.807) is 7.05 Å². The van der Waals surface area contributed by atoms with Crippen LogP contribution in [0.1, 0.15) is 16.8 Å². The average Bonchev–Trinajstić information content (AvgIpc) is 2.75. The van der Waals surface area contributed by atoms with Gasteiger partial charge in [-0.1, -0.05) is 12.1 Å². The molecule has 0 fully saturated rings. The number of hydrogen-bond donors (Lipinski definition) is 1. The molecule has 1 aromatic carbocycles. The van der Waals surface area contributed by atoms with Gasteiger partial charge >= 0.3 is 6.18 Å². The molecule has 3 nitrogen and oxygen atoms in total. The molecule has 0 aliphatic heterocycles. The van der Waals surface area contributed by atoms with Crippen LogP contribution in [0.15, 0.2) is 30.5 Å². The molecular weight excluding hydrogens is 274 g/mol. The molecule has 0 unspecified atom stereocenters. The van der Waals surface area contributed by atoms with Crippen molar-refractivity contribution in [2.24, 2.45) is 0 Å². The van der Waals surface area contributed by atoms with Crippen molar-refractivity contribution in [3.63, 3.8) is 0 Å². The number of benzene rings is 1. The van der Waals surface area contributed by atoms with Gasteiger partial charge in [0.1, 0.15) is 11.5 Å². The van der Waals surface area contributed by atoms with Crippen molar-refractivity contribution in [3.8, 4) is 0 Å². The van der Waals surface area contributed by atoms with Gasteiger partial charge in [0.15, 0.2) is 0 Å². The fraction of sp³-hybridized carbons (Fsp3) is 0.308. The third-order valence-corrected chi connectivity index (χ3v) is 2.80. The summed E-state index contributed by atoms with van der Waals surface area (Å²) in [7, 11) is 1.57. The number of nitrogens with zero attached hydrogens (tertiary/aromatic N) is 2. The van der Waals surface area contributed by atoms with Crippen LogP contribution in [0, 0.1) is 5.82 Å². The molecule has 20 heavy (non-hydrogen) atoms. The summed E-state index contributed by atoms with van der Waals surface area (Å²) < 4.78 is 52.9. The Kier molecular flexibility index (Phi) is 4.08. The van der Waals surface area contributed by atoms with Gasteiger partial charge in [0.25, 0.3) is 0 Å². The van der Waals surface area contributed by atoms with Gasteiger partial charge in [0.2, 0.25) is 0 Å². The fourth-order valence-electron chi connectivity index (χ4n) is 1.95. The first-order valence-electron chi connectivity index (χ1n) is 5.92. The topological polar surface area (TPSA) is 29.9 Å². The highest BCUT2D eigenvalue weighted by atomic mass is 19.4. The maximum Gasteiger partial charge on any atom is 0.433 e. The molecule has 2 rings (SSSR count). The molecule has 0 amide bonds. The molecule has 0 radical (unpaired) electrons. The lowest BCUT2D eigenvalue weighted by atomic mass is 10.2. The molecule has 2 aromatic rings. The molecule has 0 aliphatic rings. The van der Waals surface area contributed by atoms with Gasteiger partial charge in [-0.2, -0.15) is 18.3 Å². The second kappa shape index (κ2) is 5.62. The van der Waals surface area contributed by atoms with Crippen molar-refractivity contribution in [2.75, 3.05) is 7.05 Å². The lowest BCUT2D eigenvalue weighted by Gasteiger charge is -2.12. The number of rotatable bonds is 4. The average molecular weight is 287 g/mol. The highest BCUT2D eigenvalue weighted by molar-refractivity contribution is 5.23. The second-order valence-corrected chi connectivity index (χ2v) is 4.33. The fourth-order valence-corrected chi connectivity index (χ4v) is 1.95. The minimum Gasteiger partial charge on any atom is -0.316 e. The van der Waals surface area contributed by atoms with E-state index in [9.17, 15) is 17.6 Å². The number of halogens is 4. The van der Waals surface area contributed by atoms with Crippen LogP contribution < -0.4 is 5.32 Å². The Labute approximate surface area is 113 Å². The van der Waals surface area contributed by atoms with Crippen molar-refractivity contribution in [2.45, 2.75) is 19.3 Å². The summed E-state index contributed by atoms with van der Waals surface area (Å²) in [6, 6.07) is 5.30. The Morgan fingerprint density at radius 3 is 2.40 bits per heavy atom. The van der Waals surface area contributed by atoms with E-state index in [0.717, 1.165) is 4.68 Å². The Morgan fingerprint density at radius 1 is 1.20 bits per heavy atom. The third-order valence-electron chi connectivity index (χ3n) is 2.80. The van der Waals surface area contributed by atoms with E-state index < -0.39 is 17.7 Å². The first kappa shape index (κ1) is 14.5. The van der Waals surface area contributed by atoms with Crippen LogP contribution in [0.25, 0.3) is 0 Å². The van der Waals surface area contributed by atoms with Crippen molar-refractivity contribution < 1.29 is 17.6 Å². The zero-order valence-electron chi connectivity index (χ0n) is 10.7. The van der Waals surface area contributed by atoms with Crippen molar-refractivity contribution in [1.29, 1.82) is 0 Å². The largest absolute Gasteiger partial charge is 0.433 e. The number of nitrogens with one attached hydrogen (secondary N) is 1. The molecular formula is C13H13F4N3. The predicted octanol–water partition coefficient (Wildman–Crippen LogP) is 2.81. The lowest BCUT2D eigenvalue weighted by Crippen LogP contribution is -2.19. The van der Waals surface area contributed by atoms with E-state index >= 15 is 0 Å². The molecule has 1 heterocycles. The van der Waals surface area contributed by atoms with Crippen LogP contribution in [0.5, 0.6) is 0 Å². The summed E-state index contributed by atoms with van der Waals surface area (Å²) in [6.45, 7) is 0.0249. The summed E-state index contributed by atoms with van der Waals surface area (Å²) >= 11 is 0. The van der Waals surface area contributed by atoms with Crippen molar-refractivity contribution in [1.82, 2.24) is 15.1 Å². The van der Waals surface area contributed by atoms with Gasteiger partial charge in [0.05, 0.1) is 12.7 Å². The second-order valence-electron chi connectivity index (χ2n) is 4.33. The van der Waals surface area contributed by atoms with Gasteiger partial charge < -0.3 is 5.32 Å². The van der Waals surface area contributed by atoms with E-state index in [-0.39, 0.29) is 18.7 Å². The molecule has 7 heteroatoms. The minimum absolute atomic E-state index is 0.0567. The van der Waals surface area contributed by atoms with Crippen LogP contribution in [-0.2, 0) is 19.3 Å². The van der Waals surface area contributed by atoms with Crippen molar-refractivity contribution in [3.05, 3.63) is 53.1 Å².